The van der Waals surface area contributed by atoms with Crippen LogP contribution in [-0.2, 0) is 17.1 Å². The van der Waals surface area contributed by atoms with E-state index in [-0.39, 0.29) is 48.0 Å². The lowest BCUT2D eigenvalue weighted by Gasteiger charge is -2.33. The molecule has 10 nitrogen and oxygen atoms in total. The van der Waals surface area contributed by atoms with Gasteiger partial charge in [0.05, 0.1) is 18.1 Å². The van der Waals surface area contributed by atoms with E-state index in [0.717, 1.165) is 10.6 Å². The van der Waals surface area contributed by atoms with Crippen LogP contribution in [0.5, 0.6) is 0 Å². The largest absolute Gasteiger partial charge is 0.336 e. The number of rotatable bonds is 5. The maximum Gasteiger partial charge on any atom is 0.280 e. The van der Waals surface area contributed by atoms with E-state index in [0.29, 0.717) is 5.56 Å². The first kappa shape index (κ1) is 23.9. The van der Waals surface area contributed by atoms with Crippen LogP contribution in [0.3, 0.4) is 0 Å². The van der Waals surface area contributed by atoms with Crippen molar-refractivity contribution >= 4 is 21.6 Å². The van der Waals surface area contributed by atoms with Crippen LogP contribution >= 0.6 is 0 Å². The Hall–Kier alpha value is -3.78. The zero-order chi connectivity index (χ0) is 25.6. The van der Waals surface area contributed by atoms with Gasteiger partial charge in [0.2, 0.25) is 10.0 Å². The Morgan fingerprint density at radius 2 is 1.72 bits per heavy atom. The average Bonchev–Trinajstić information content (AvgIpc) is 3.50. The third kappa shape index (κ3) is 4.22. The Labute approximate surface area is 203 Å². The summed E-state index contributed by atoms with van der Waals surface area (Å²) in [7, 11) is -2.15. The van der Waals surface area contributed by atoms with Crippen molar-refractivity contribution in [3.8, 4) is 11.3 Å². The molecule has 1 aromatic carbocycles. The van der Waals surface area contributed by atoms with Crippen LogP contribution in [0, 0.1) is 5.82 Å². The van der Waals surface area contributed by atoms with Gasteiger partial charge < -0.3 is 4.90 Å². The number of amides is 1. The highest BCUT2D eigenvalue weighted by molar-refractivity contribution is 7.89. The van der Waals surface area contributed by atoms with E-state index >= 15 is 0 Å². The number of hydrogen-bond acceptors (Lipinski definition) is 6. The van der Waals surface area contributed by atoms with Crippen molar-refractivity contribution in [3.05, 3.63) is 66.0 Å². The highest BCUT2D eigenvalue weighted by Crippen LogP contribution is 2.28. The lowest BCUT2D eigenvalue weighted by Crippen LogP contribution is -2.50. The first-order valence-corrected chi connectivity index (χ1v) is 12.3. The fourth-order valence-corrected chi connectivity index (χ4v) is 5.45. The minimum absolute atomic E-state index is 0.00410. The molecule has 0 radical (unpaired) electrons. The monoisotopic (exact) mass is 519 g/mol. The number of carbonyl (C=O) groups is 1. The number of benzene rings is 1. The number of nitrogens with zero attached hydrogens (tertiary/aromatic N) is 7. The number of carbonyl (C=O) groups excluding carboxylic acids is 1. The number of hydrogen-bond donors (Lipinski definition) is 0. The van der Waals surface area contributed by atoms with E-state index in [1.807, 2.05) is 0 Å². The van der Waals surface area contributed by atoms with Crippen LogP contribution in [0.25, 0.3) is 16.9 Å². The minimum atomic E-state index is -3.76. The molecule has 4 aromatic rings. The molecule has 1 amide bonds. The predicted octanol–water partition coefficient (Wildman–Crippen LogP) is 2.35. The first-order chi connectivity index (χ1) is 17.1. The lowest BCUT2D eigenvalue weighted by atomic mass is 10.1. The number of aromatic nitrogens is 5. The fraction of sp³-hybridized carbons (Fsp3) is 0.273. The quantitative estimate of drug-likeness (QED) is 0.401. The molecule has 1 fully saturated rings. The summed E-state index contributed by atoms with van der Waals surface area (Å²) < 4.78 is 70.2. The summed E-state index contributed by atoms with van der Waals surface area (Å²) >= 11 is 0. The van der Waals surface area contributed by atoms with Gasteiger partial charge in [-0.25, -0.2) is 31.1 Å². The van der Waals surface area contributed by atoms with Crippen molar-refractivity contribution in [1.29, 1.82) is 0 Å². The SMILES string of the molecule is Cn1cc(S(=O)(=O)N2CCN(C(=O)c3cnn4c(C(F)F)cc(-c5ccc(F)cc5)nc34)CC2)cn1. The standard InChI is InChI=1S/C22H20F3N7O3S/c1-29-13-16(11-26-29)36(34,35)31-8-6-30(7-9-31)22(33)17-12-27-32-19(20(24)25)10-18(28-21(17)32)14-2-4-15(23)5-3-14/h2-5,10-13,20H,6-9H2,1H3. The van der Waals surface area contributed by atoms with E-state index in [2.05, 4.69) is 15.2 Å². The van der Waals surface area contributed by atoms with Gasteiger partial charge in [0, 0.05) is 45.0 Å². The lowest BCUT2D eigenvalue weighted by molar-refractivity contribution is 0.0699. The Balaban J connectivity index is 1.42. The first-order valence-electron chi connectivity index (χ1n) is 10.9. The number of alkyl halides is 2. The second-order valence-corrected chi connectivity index (χ2v) is 10.2. The number of sulfonamides is 1. The van der Waals surface area contributed by atoms with Gasteiger partial charge in [-0.2, -0.15) is 14.5 Å². The Morgan fingerprint density at radius 1 is 1.03 bits per heavy atom. The molecule has 0 atom stereocenters. The third-order valence-corrected chi connectivity index (χ3v) is 7.79. The molecule has 0 unspecified atom stereocenters. The predicted molar refractivity (Wildman–Crippen MR) is 121 cm³/mol. The molecule has 14 heteroatoms. The van der Waals surface area contributed by atoms with Gasteiger partial charge in [0.15, 0.2) is 5.65 Å². The summed E-state index contributed by atoms with van der Waals surface area (Å²) in [5.74, 6) is -0.994. The molecule has 3 aromatic heterocycles. The summed E-state index contributed by atoms with van der Waals surface area (Å²) in [6.07, 6.45) is 0.927. The summed E-state index contributed by atoms with van der Waals surface area (Å²) in [5.41, 5.74) is 0.00655. The minimum Gasteiger partial charge on any atom is -0.336 e. The second-order valence-electron chi connectivity index (χ2n) is 8.21. The van der Waals surface area contributed by atoms with E-state index in [1.165, 1.54) is 56.7 Å². The molecule has 188 valence electrons. The van der Waals surface area contributed by atoms with Crippen molar-refractivity contribution in [2.75, 3.05) is 26.2 Å². The van der Waals surface area contributed by atoms with Gasteiger partial charge in [0.1, 0.15) is 22.0 Å². The molecule has 4 heterocycles. The smallest absolute Gasteiger partial charge is 0.280 e. The third-order valence-electron chi connectivity index (χ3n) is 5.94. The Morgan fingerprint density at radius 3 is 2.33 bits per heavy atom. The van der Waals surface area contributed by atoms with E-state index in [9.17, 15) is 26.4 Å². The molecular weight excluding hydrogens is 499 g/mol. The number of halogens is 3. The van der Waals surface area contributed by atoms with Crippen LogP contribution in [0.15, 0.2) is 53.8 Å². The van der Waals surface area contributed by atoms with Gasteiger partial charge in [0.25, 0.3) is 12.3 Å². The van der Waals surface area contributed by atoms with Gasteiger partial charge in [-0.1, -0.05) is 0 Å². The van der Waals surface area contributed by atoms with E-state index < -0.39 is 33.9 Å². The molecule has 1 saturated heterocycles. The molecule has 1 aliphatic rings. The van der Waals surface area contributed by atoms with Crippen molar-refractivity contribution < 1.29 is 26.4 Å². The van der Waals surface area contributed by atoms with Crippen LogP contribution in [-0.4, -0.2) is 74.1 Å². The van der Waals surface area contributed by atoms with Crippen molar-refractivity contribution in [2.24, 2.45) is 7.05 Å². The molecule has 0 saturated carbocycles. The molecule has 0 spiro atoms. The zero-order valence-electron chi connectivity index (χ0n) is 18.9. The zero-order valence-corrected chi connectivity index (χ0v) is 19.7. The Bertz CT molecular complexity index is 1540. The molecule has 0 bridgehead atoms. The molecular formula is C22H20F3N7O3S. The van der Waals surface area contributed by atoms with Gasteiger partial charge in [-0.3, -0.25) is 9.48 Å². The van der Waals surface area contributed by atoms with Crippen molar-refractivity contribution in [1.82, 2.24) is 33.6 Å². The van der Waals surface area contributed by atoms with Crippen LogP contribution in [0.1, 0.15) is 22.5 Å². The second kappa shape index (κ2) is 9.02. The van der Waals surface area contributed by atoms with Gasteiger partial charge >= 0.3 is 0 Å². The molecule has 5 rings (SSSR count). The average molecular weight is 520 g/mol. The number of fused-ring (bicyclic) bond motifs is 1. The fourth-order valence-electron chi connectivity index (χ4n) is 4.04. The van der Waals surface area contributed by atoms with Crippen molar-refractivity contribution in [2.45, 2.75) is 11.3 Å². The summed E-state index contributed by atoms with van der Waals surface area (Å²) in [4.78, 5) is 19.2. The summed E-state index contributed by atoms with van der Waals surface area (Å²) in [5, 5.41) is 7.85. The van der Waals surface area contributed by atoms with E-state index in [1.54, 1.807) is 7.05 Å². The van der Waals surface area contributed by atoms with E-state index in [4.69, 9.17) is 0 Å². The number of aryl methyl sites for hydroxylation is 1. The normalized spacial score (nSPS) is 15.2. The molecule has 1 aliphatic heterocycles. The molecule has 36 heavy (non-hydrogen) atoms. The number of piperazine rings is 1. The van der Waals surface area contributed by atoms with Crippen LogP contribution in [0.2, 0.25) is 0 Å². The molecule has 0 aliphatic carbocycles. The van der Waals surface area contributed by atoms with Crippen LogP contribution in [0.4, 0.5) is 13.2 Å². The van der Waals surface area contributed by atoms with Gasteiger partial charge in [-0.15, -0.1) is 0 Å². The summed E-state index contributed by atoms with van der Waals surface area (Å²) in [6, 6.07) is 6.33. The van der Waals surface area contributed by atoms with Crippen LogP contribution < -0.4 is 0 Å². The maximum atomic E-state index is 13.8. The highest BCUT2D eigenvalue weighted by atomic mass is 32.2. The molecule has 0 N–H and O–H groups in total. The van der Waals surface area contributed by atoms with Crippen molar-refractivity contribution in [3.63, 3.8) is 0 Å². The van der Waals surface area contributed by atoms with Gasteiger partial charge in [-0.05, 0) is 30.3 Å². The summed E-state index contributed by atoms with van der Waals surface area (Å²) in [6.45, 7) is 0.293. The highest BCUT2D eigenvalue weighted by Gasteiger charge is 2.32. The maximum absolute atomic E-state index is 13.8. The Kier molecular flexibility index (Phi) is 6.00. The topological polar surface area (TPSA) is 106 Å².